The third-order valence-corrected chi connectivity index (χ3v) is 3.80. The standard InChI is InChI=1S/C18H18N2O5/c1-11-3-5-15-14(7-11)12(8-18(22)24-15)10-19-16(21)6-4-13-9-17(23-2)20-25-13/h3,5,7-9H,4,6,10H2,1-2H3,(H,19,21). The summed E-state index contributed by atoms with van der Waals surface area (Å²) in [6.45, 7) is 2.21. The van der Waals surface area contributed by atoms with Crippen LogP contribution in [-0.2, 0) is 17.8 Å². The summed E-state index contributed by atoms with van der Waals surface area (Å²) in [6, 6.07) is 8.61. The number of rotatable bonds is 6. The van der Waals surface area contributed by atoms with E-state index in [1.807, 2.05) is 19.1 Å². The predicted octanol–water partition coefficient (Wildman–Crippen LogP) is 2.35. The summed E-state index contributed by atoms with van der Waals surface area (Å²) in [4.78, 5) is 23.7. The van der Waals surface area contributed by atoms with E-state index in [1.54, 1.807) is 12.1 Å². The summed E-state index contributed by atoms with van der Waals surface area (Å²) in [7, 11) is 1.50. The summed E-state index contributed by atoms with van der Waals surface area (Å²) in [5.74, 6) is 0.811. The van der Waals surface area contributed by atoms with E-state index in [1.165, 1.54) is 13.2 Å². The first-order chi connectivity index (χ1) is 12.0. The molecule has 0 radical (unpaired) electrons. The van der Waals surface area contributed by atoms with E-state index in [4.69, 9.17) is 13.7 Å². The highest BCUT2D eigenvalue weighted by atomic mass is 16.5. The molecule has 1 N–H and O–H groups in total. The lowest BCUT2D eigenvalue weighted by atomic mass is 10.1. The first-order valence-electron chi connectivity index (χ1n) is 7.85. The summed E-state index contributed by atoms with van der Waals surface area (Å²) >= 11 is 0. The summed E-state index contributed by atoms with van der Waals surface area (Å²) in [5.41, 5.74) is 1.85. The minimum absolute atomic E-state index is 0.149. The van der Waals surface area contributed by atoms with Gasteiger partial charge in [-0.3, -0.25) is 4.79 Å². The number of nitrogens with zero attached hydrogens (tertiary/aromatic N) is 1. The molecule has 7 nitrogen and oxygen atoms in total. The van der Waals surface area contributed by atoms with E-state index in [9.17, 15) is 9.59 Å². The summed E-state index contributed by atoms with van der Waals surface area (Å²) in [5, 5.41) is 7.32. The SMILES string of the molecule is COc1cc(CCC(=O)NCc2cc(=O)oc3ccc(C)cc23)on1. The molecule has 7 heteroatoms. The average molecular weight is 342 g/mol. The van der Waals surface area contributed by atoms with Crippen molar-refractivity contribution in [3.8, 4) is 5.88 Å². The van der Waals surface area contributed by atoms with Crippen LogP contribution in [0.3, 0.4) is 0 Å². The molecule has 0 aliphatic heterocycles. The zero-order chi connectivity index (χ0) is 17.8. The van der Waals surface area contributed by atoms with Gasteiger partial charge < -0.3 is 19.0 Å². The van der Waals surface area contributed by atoms with Gasteiger partial charge in [0.2, 0.25) is 5.91 Å². The van der Waals surface area contributed by atoms with E-state index >= 15 is 0 Å². The highest BCUT2D eigenvalue weighted by Gasteiger charge is 2.10. The zero-order valence-corrected chi connectivity index (χ0v) is 14.0. The van der Waals surface area contributed by atoms with Crippen LogP contribution in [0.25, 0.3) is 11.0 Å². The molecule has 0 atom stereocenters. The lowest BCUT2D eigenvalue weighted by Crippen LogP contribution is -2.23. The normalized spacial score (nSPS) is 10.8. The largest absolute Gasteiger partial charge is 0.479 e. The molecule has 0 spiro atoms. The Morgan fingerprint density at radius 3 is 2.88 bits per heavy atom. The van der Waals surface area contributed by atoms with Gasteiger partial charge in [0.15, 0.2) is 0 Å². The van der Waals surface area contributed by atoms with Crippen LogP contribution < -0.4 is 15.7 Å². The molecule has 2 heterocycles. The number of amides is 1. The molecule has 0 unspecified atom stereocenters. The molecule has 0 fully saturated rings. The molecule has 2 aromatic heterocycles. The molecule has 0 saturated heterocycles. The number of nitrogens with one attached hydrogen (secondary N) is 1. The van der Waals surface area contributed by atoms with E-state index in [2.05, 4.69) is 10.5 Å². The molecule has 130 valence electrons. The third kappa shape index (κ3) is 4.06. The van der Waals surface area contributed by atoms with Crippen molar-refractivity contribution in [2.24, 2.45) is 0 Å². The van der Waals surface area contributed by atoms with Crippen molar-refractivity contribution >= 4 is 16.9 Å². The van der Waals surface area contributed by atoms with Crippen molar-refractivity contribution in [2.45, 2.75) is 26.3 Å². The lowest BCUT2D eigenvalue weighted by Gasteiger charge is -2.08. The van der Waals surface area contributed by atoms with Gasteiger partial charge in [0.25, 0.3) is 5.88 Å². The monoisotopic (exact) mass is 342 g/mol. The molecular weight excluding hydrogens is 324 g/mol. The third-order valence-electron chi connectivity index (χ3n) is 3.80. The number of aryl methyl sites for hydroxylation is 2. The molecule has 0 aliphatic carbocycles. The molecule has 1 aromatic carbocycles. The molecule has 0 saturated carbocycles. The summed E-state index contributed by atoms with van der Waals surface area (Å²) < 4.78 is 15.2. The van der Waals surface area contributed by atoms with Crippen LogP contribution in [0.2, 0.25) is 0 Å². The van der Waals surface area contributed by atoms with Gasteiger partial charge in [-0.15, -0.1) is 0 Å². The number of hydrogen-bond acceptors (Lipinski definition) is 6. The molecule has 3 rings (SSSR count). The Morgan fingerprint density at radius 1 is 1.28 bits per heavy atom. The van der Waals surface area contributed by atoms with Crippen LogP contribution >= 0.6 is 0 Å². The summed E-state index contributed by atoms with van der Waals surface area (Å²) in [6.07, 6.45) is 0.662. The number of aromatic nitrogens is 1. The number of carbonyl (C=O) groups is 1. The van der Waals surface area contributed by atoms with Crippen molar-refractivity contribution in [2.75, 3.05) is 7.11 Å². The van der Waals surface area contributed by atoms with Crippen LogP contribution in [0.4, 0.5) is 0 Å². The van der Waals surface area contributed by atoms with Crippen molar-refractivity contribution < 1.29 is 18.5 Å². The van der Waals surface area contributed by atoms with Crippen molar-refractivity contribution in [1.82, 2.24) is 10.5 Å². The van der Waals surface area contributed by atoms with Crippen LogP contribution in [0, 0.1) is 6.92 Å². The van der Waals surface area contributed by atoms with Gasteiger partial charge in [0.1, 0.15) is 11.3 Å². The maximum absolute atomic E-state index is 12.0. The maximum Gasteiger partial charge on any atom is 0.336 e. The van der Waals surface area contributed by atoms with Gasteiger partial charge in [-0.2, -0.15) is 0 Å². The Morgan fingerprint density at radius 2 is 2.12 bits per heavy atom. The Bertz CT molecular complexity index is 957. The first kappa shape index (κ1) is 16.8. The van der Waals surface area contributed by atoms with Crippen molar-refractivity contribution in [1.29, 1.82) is 0 Å². The Balaban J connectivity index is 1.64. The zero-order valence-electron chi connectivity index (χ0n) is 14.0. The fourth-order valence-electron chi connectivity index (χ4n) is 2.51. The minimum Gasteiger partial charge on any atom is -0.479 e. The Labute approximate surface area is 143 Å². The van der Waals surface area contributed by atoms with Gasteiger partial charge in [0, 0.05) is 36.9 Å². The fraction of sp³-hybridized carbons (Fsp3) is 0.278. The quantitative estimate of drug-likeness (QED) is 0.691. The van der Waals surface area contributed by atoms with Gasteiger partial charge in [-0.1, -0.05) is 11.6 Å². The smallest absolute Gasteiger partial charge is 0.336 e. The molecular formula is C18H18N2O5. The van der Waals surface area contributed by atoms with Crippen molar-refractivity contribution in [3.05, 3.63) is 57.6 Å². The molecule has 25 heavy (non-hydrogen) atoms. The number of hydrogen-bond donors (Lipinski definition) is 1. The van der Waals surface area contributed by atoms with E-state index in [0.29, 0.717) is 23.6 Å². The minimum atomic E-state index is -0.436. The van der Waals surface area contributed by atoms with E-state index in [0.717, 1.165) is 16.5 Å². The first-order valence-corrected chi connectivity index (χ1v) is 7.85. The van der Waals surface area contributed by atoms with Gasteiger partial charge in [-0.05, 0) is 29.8 Å². The van der Waals surface area contributed by atoms with E-state index < -0.39 is 5.63 Å². The highest BCUT2D eigenvalue weighted by Crippen LogP contribution is 2.18. The average Bonchev–Trinajstić information content (AvgIpc) is 3.06. The number of benzene rings is 1. The number of ether oxygens (including phenoxy) is 1. The Hall–Kier alpha value is -3.09. The van der Waals surface area contributed by atoms with Crippen LogP contribution in [0.15, 0.2) is 44.1 Å². The second-order valence-corrected chi connectivity index (χ2v) is 5.70. The van der Waals surface area contributed by atoms with Gasteiger partial charge >= 0.3 is 5.63 Å². The van der Waals surface area contributed by atoms with Crippen molar-refractivity contribution in [3.63, 3.8) is 0 Å². The topological polar surface area (TPSA) is 94.6 Å². The Kier molecular flexibility index (Phi) is 4.83. The molecule has 0 aliphatic rings. The number of carbonyl (C=O) groups excluding carboxylic acids is 1. The van der Waals surface area contributed by atoms with Gasteiger partial charge in [-0.25, -0.2) is 4.79 Å². The van der Waals surface area contributed by atoms with E-state index in [-0.39, 0.29) is 18.9 Å². The maximum atomic E-state index is 12.0. The number of fused-ring (bicyclic) bond motifs is 1. The predicted molar refractivity (Wildman–Crippen MR) is 90.4 cm³/mol. The number of methoxy groups -OCH3 is 1. The lowest BCUT2D eigenvalue weighted by molar-refractivity contribution is -0.121. The molecule has 3 aromatic rings. The van der Waals surface area contributed by atoms with Gasteiger partial charge in [0.05, 0.1) is 7.11 Å². The molecule has 0 bridgehead atoms. The van der Waals surface area contributed by atoms with Crippen LogP contribution in [-0.4, -0.2) is 18.2 Å². The second-order valence-electron chi connectivity index (χ2n) is 5.70. The second kappa shape index (κ2) is 7.21. The highest BCUT2D eigenvalue weighted by molar-refractivity contribution is 5.82. The fourth-order valence-corrected chi connectivity index (χ4v) is 2.51. The van der Waals surface area contributed by atoms with Crippen LogP contribution in [0.5, 0.6) is 5.88 Å². The molecule has 1 amide bonds. The van der Waals surface area contributed by atoms with Crippen LogP contribution in [0.1, 0.15) is 23.3 Å².